The second-order valence-electron chi connectivity index (χ2n) is 5.43. The van der Waals surface area contributed by atoms with Crippen molar-refractivity contribution in [1.29, 1.82) is 0 Å². The second-order valence-corrected chi connectivity index (χ2v) is 5.43. The van der Waals surface area contributed by atoms with Gasteiger partial charge in [-0.25, -0.2) is 4.68 Å². The molecule has 1 heterocycles. The molecule has 1 amide bonds. The zero-order valence-corrected chi connectivity index (χ0v) is 12.7. The number of amides is 1. The van der Waals surface area contributed by atoms with Crippen molar-refractivity contribution in [3.05, 3.63) is 47.8 Å². The van der Waals surface area contributed by atoms with Gasteiger partial charge in [0.15, 0.2) is 0 Å². The molecule has 0 radical (unpaired) electrons. The molecule has 112 valence electrons. The number of carbonyl (C=O) groups excluding carboxylic acids is 1. The predicted molar refractivity (Wildman–Crippen MR) is 83.3 cm³/mol. The fraction of sp³-hybridized carbons (Fsp3) is 0.375. The van der Waals surface area contributed by atoms with Gasteiger partial charge in [0, 0.05) is 18.2 Å². The molecule has 2 unspecified atom stereocenters. The second kappa shape index (κ2) is 6.54. The lowest BCUT2D eigenvalue weighted by atomic mass is 10.1. The zero-order valence-electron chi connectivity index (χ0n) is 12.7. The smallest absolute Gasteiger partial charge is 0.236 e. The minimum Gasteiger partial charge on any atom is -0.352 e. The Hall–Kier alpha value is -2.14. The summed E-state index contributed by atoms with van der Waals surface area (Å²) in [5.41, 5.74) is 8.62. The molecule has 0 saturated carbocycles. The van der Waals surface area contributed by atoms with Crippen molar-refractivity contribution >= 4 is 5.91 Å². The number of nitrogens with zero attached hydrogens (tertiary/aromatic N) is 2. The van der Waals surface area contributed by atoms with Crippen molar-refractivity contribution < 1.29 is 4.79 Å². The summed E-state index contributed by atoms with van der Waals surface area (Å²) in [6, 6.07) is 11.5. The Labute approximate surface area is 125 Å². The number of nitrogens with one attached hydrogen (secondary N) is 1. The van der Waals surface area contributed by atoms with E-state index >= 15 is 0 Å². The van der Waals surface area contributed by atoms with Gasteiger partial charge >= 0.3 is 0 Å². The van der Waals surface area contributed by atoms with E-state index in [1.807, 2.05) is 54.9 Å². The Morgan fingerprint density at radius 3 is 2.62 bits per heavy atom. The van der Waals surface area contributed by atoms with E-state index in [1.165, 1.54) is 0 Å². The molecule has 0 fully saturated rings. The number of rotatable bonds is 5. The molecule has 2 atom stereocenters. The van der Waals surface area contributed by atoms with Crippen LogP contribution in [-0.4, -0.2) is 27.8 Å². The summed E-state index contributed by atoms with van der Waals surface area (Å²) >= 11 is 0. The molecule has 0 saturated heterocycles. The highest BCUT2D eigenvalue weighted by Gasteiger charge is 2.15. The minimum absolute atomic E-state index is 0.00191. The zero-order chi connectivity index (χ0) is 15.4. The molecule has 1 aromatic heterocycles. The van der Waals surface area contributed by atoms with Crippen LogP contribution in [0.5, 0.6) is 0 Å². The standard InChI is InChI=1S/C16H22N4O/c1-11(18-16(21)13(3)17)9-15-10-12(2)19-20(15)14-7-5-4-6-8-14/h4-8,10-11,13H,9,17H2,1-3H3,(H,18,21). The molecule has 0 spiro atoms. The lowest BCUT2D eigenvalue weighted by Gasteiger charge is -2.16. The van der Waals surface area contributed by atoms with Crippen molar-refractivity contribution in [3.8, 4) is 5.69 Å². The van der Waals surface area contributed by atoms with E-state index in [2.05, 4.69) is 10.4 Å². The molecule has 5 heteroatoms. The number of aryl methyl sites for hydroxylation is 1. The van der Waals surface area contributed by atoms with Crippen molar-refractivity contribution in [2.24, 2.45) is 5.73 Å². The van der Waals surface area contributed by atoms with Gasteiger partial charge in [-0.1, -0.05) is 18.2 Å². The third kappa shape index (κ3) is 3.92. The monoisotopic (exact) mass is 286 g/mol. The fourth-order valence-corrected chi connectivity index (χ4v) is 2.23. The molecule has 5 nitrogen and oxygen atoms in total. The maximum absolute atomic E-state index is 11.6. The first kappa shape index (κ1) is 15.3. The van der Waals surface area contributed by atoms with Gasteiger partial charge in [0.25, 0.3) is 0 Å². The molecule has 0 aliphatic rings. The van der Waals surface area contributed by atoms with Crippen LogP contribution in [0.3, 0.4) is 0 Å². The van der Waals surface area contributed by atoms with Crippen molar-refractivity contribution in [1.82, 2.24) is 15.1 Å². The Kier molecular flexibility index (Phi) is 4.75. The lowest BCUT2D eigenvalue weighted by molar-refractivity contribution is -0.122. The van der Waals surface area contributed by atoms with Gasteiger partial charge in [-0.05, 0) is 39.0 Å². The SMILES string of the molecule is Cc1cc(CC(C)NC(=O)C(C)N)n(-c2ccccc2)n1. The number of hydrogen-bond donors (Lipinski definition) is 2. The van der Waals surface area contributed by atoms with Gasteiger partial charge in [-0.3, -0.25) is 4.79 Å². The van der Waals surface area contributed by atoms with Crippen LogP contribution >= 0.6 is 0 Å². The van der Waals surface area contributed by atoms with Crippen LogP contribution in [0, 0.1) is 6.92 Å². The third-order valence-electron chi connectivity index (χ3n) is 3.22. The summed E-state index contributed by atoms with van der Waals surface area (Å²) in [5.74, 6) is -0.134. The van der Waals surface area contributed by atoms with E-state index in [9.17, 15) is 4.79 Å². The van der Waals surface area contributed by atoms with Crippen LogP contribution in [0.15, 0.2) is 36.4 Å². The van der Waals surface area contributed by atoms with Gasteiger partial charge in [0.05, 0.1) is 17.4 Å². The normalized spacial score (nSPS) is 13.7. The number of nitrogens with two attached hydrogens (primary N) is 1. The van der Waals surface area contributed by atoms with Crippen LogP contribution in [0.25, 0.3) is 5.69 Å². The van der Waals surface area contributed by atoms with Gasteiger partial charge in [-0.15, -0.1) is 0 Å². The molecular weight excluding hydrogens is 264 g/mol. The molecule has 0 aliphatic heterocycles. The summed E-state index contributed by atoms with van der Waals surface area (Å²) in [4.78, 5) is 11.6. The van der Waals surface area contributed by atoms with Crippen LogP contribution in [0.2, 0.25) is 0 Å². The fourth-order valence-electron chi connectivity index (χ4n) is 2.23. The molecule has 1 aromatic carbocycles. The highest BCUT2D eigenvalue weighted by atomic mass is 16.2. The van der Waals surface area contributed by atoms with Crippen LogP contribution < -0.4 is 11.1 Å². The third-order valence-corrected chi connectivity index (χ3v) is 3.22. The highest BCUT2D eigenvalue weighted by molar-refractivity contribution is 5.81. The predicted octanol–water partition coefficient (Wildman–Crippen LogP) is 1.58. The van der Waals surface area contributed by atoms with E-state index < -0.39 is 6.04 Å². The van der Waals surface area contributed by atoms with Gasteiger partial charge in [0.2, 0.25) is 5.91 Å². The summed E-state index contributed by atoms with van der Waals surface area (Å²) in [6.45, 7) is 5.62. The topological polar surface area (TPSA) is 72.9 Å². The van der Waals surface area contributed by atoms with E-state index in [1.54, 1.807) is 6.92 Å². The molecule has 0 aliphatic carbocycles. The van der Waals surface area contributed by atoms with Crippen LogP contribution in [-0.2, 0) is 11.2 Å². The van der Waals surface area contributed by atoms with Crippen molar-refractivity contribution in [2.45, 2.75) is 39.3 Å². The number of hydrogen-bond acceptors (Lipinski definition) is 3. The average Bonchev–Trinajstić information content (AvgIpc) is 2.80. The number of aromatic nitrogens is 2. The Balaban J connectivity index is 2.16. The highest BCUT2D eigenvalue weighted by Crippen LogP contribution is 2.14. The molecule has 0 bridgehead atoms. The first-order chi connectivity index (χ1) is 9.97. The summed E-state index contributed by atoms with van der Waals surface area (Å²) in [5, 5.41) is 7.44. The van der Waals surface area contributed by atoms with Gasteiger partial charge < -0.3 is 11.1 Å². The number of para-hydroxylation sites is 1. The van der Waals surface area contributed by atoms with Crippen LogP contribution in [0.4, 0.5) is 0 Å². The Morgan fingerprint density at radius 2 is 2.00 bits per heavy atom. The largest absolute Gasteiger partial charge is 0.352 e. The van der Waals surface area contributed by atoms with E-state index in [0.29, 0.717) is 6.42 Å². The van der Waals surface area contributed by atoms with E-state index in [0.717, 1.165) is 17.1 Å². The van der Waals surface area contributed by atoms with Gasteiger partial charge in [0.1, 0.15) is 0 Å². The molecule has 2 rings (SSSR count). The van der Waals surface area contributed by atoms with Gasteiger partial charge in [-0.2, -0.15) is 5.10 Å². The lowest BCUT2D eigenvalue weighted by Crippen LogP contribution is -2.43. The molecular formula is C16H22N4O. The first-order valence-corrected chi connectivity index (χ1v) is 7.14. The first-order valence-electron chi connectivity index (χ1n) is 7.14. The molecule has 21 heavy (non-hydrogen) atoms. The number of benzene rings is 1. The summed E-state index contributed by atoms with van der Waals surface area (Å²) < 4.78 is 1.92. The summed E-state index contributed by atoms with van der Waals surface area (Å²) in [7, 11) is 0. The van der Waals surface area contributed by atoms with E-state index in [4.69, 9.17) is 5.73 Å². The molecule has 3 N–H and O–H groups in total. The maximum Gasteiger partial charge on any atom is 0.236 e. The van der Waals surface area contributed by atoms with Crippen molar-refractivity contribution in [3.63, 3.8) is 0 Å². The van der Waals surface area contributed by atoms with E-state index in [-0.39, 0.29) is 11.9 Å². The summed E-state index contributed by atoms with van der Waals surface area (Å²) in [6.07, 6.45) is 0.703. The Morgan fingerprint density at radius 1 is 1.33 bits per heavy atom. The quantitative estimate of drug-likeness (QED) is 0.876. The minimum atomic E-state index is -0.492. The Bertz CT molecular complexity index is 604. The van der Waals surface area contributed by atoms with Crippen molar-refractivity contribution in [2.75, 3.05) is 0 Å². The molecule has 2 aromatic rings. The average molecular weight is 286 g/mol. The maximum atomic E-state index is 11.6. The van der Waals surface area contributed by atoms with Crippen LogP contribution in [0.1, 0.15) is 25.2 Å². The number of carbonyl (C=O) groups is 1.